The van der Waals surface area contributed by atoms with Crippen LogP contribution in [0.15, 0.2) is 70.3 Å². The average molecular weight is 384 g/mol. The van der Waals surface area contributed by atoms with Gasteiger partial charge in [-0.1, -0.05) is 45.9 Å². The Kier molecular flexibility index (Phi) is 2.99. The smallest absolute Gasteiger partial charge is 0.287 e. The summed E-state index contributed by atoms with van der Waals surface area (Å²) in [5.74, 6) is 0. The maximum atomic E-state index is 12.5. The van der Waals surface area contributed by atoms with Crippen LogP contribution >= 0.6 is 0 Å². The van der Waals surface area contributed by atoms with E-state index < -0.39 is 11.4 Å². The van der Waals surface area contributed by atoms with Crippen molar-refractivity contribution in [2.45, 2.75) is 0 Å². The monoisotopic (exact) mass is 384 g/mol. The fourth-order valence-electron chi connectivity index (χ4n) is 3.47. The number of benzene rings is 2. The molecule has 6 rings (SSSR count). The molecule has 0 aliphatic rings. The summed E-state index contributed by atoms with van der Waals surface area (Å²) in [7, 11) is 0. The zero-order valence-electron chi connectivity index (χ0n) is 14.8. The second kappa shape index (κ2) is 5.55. The molecule has 2 N–H and O–H groups in total. The van der Waals surface area contributed by atoms with Gasteiger partial charge in [-0.05, 0) is 24.3 Å². The van der Waals surface area contributed by atoms with Crippen molar-refractivity contribution in [2.75, 3.05) is 0 Å². The predicted molar refractivity (Wildman–Crippen MR) is 108 cm³/mol. The van der Waals surface area contributed by atoms with Crippen LogP contribution in [0.4, 0.5) is 0 Å². The molecule has 0 radical (unpaired) electrons. The van der Waals surface area contributed by atoms with Gasteiger partial charge in [-0.15, -0.1) is 0 Å². The van der Waals surface area contributed by atoms with Crippen molar-refractivity contribution < 1.29 is 4.94 Å². The molecule has 0 amide bonds. The molecule has 4 heterocycles. The molecule has 0 aliphatic heterocycles. The molecule has 0 bridgehead atoms. The van der Waals surface area contributed by atoms with Crippen LogP contribution in [0.5, 0.6) is 0 Å². The summed E-state index contributed by atoms with van der Waals surface area (Å²) >= 11 is 0. The number of hydrogen-bond donors (Lipinski definition) is 2. The minimum atomic E-state index is -0.544. The number of pyridine rings is 2. The number of nitrogens with one attached hydrogen (secondary N) is 2. The molecule has 4 aromatic heterocycles. The van der Waals surface area contributed by atoms with Crippen molar-refractivity contribution in [2.24, 2.45) is 0 Å². The van der Waals surface area contributed by atoms with E-state index in [1.165, 1.54) is 0 Å². The lowest BCUT2D eigenvalue weighted by molar-refractivity contribution is 0.0380. The molecule has 0 saturated heterocycles. The largest absolute Gasteiger partial charge is 0.363 e. The van der Waals surface area contributed by atoms with Gasteiger partial charge in [0.05, 0.1) is 11.0 Å². The summed E-state index contributed by atoms with van der Waals surface area (Å²) in [5, 5.41) is 1.69. The molecule has 0 fully saturated rings. The topological polar surface area (TPSA) is 111 Å². The number of hydrogen-bond acceptors (Lipinski definition) is 5. The van der Waals surface area contributed by atoms with Crippen molar-refractivity contribution in [3.8, 4) is 0 Å². The molecule has 0 aliphatic carbocycles. The summed E-state index contributed by atoms with van der Waals surface area (Å²) in [6.07, 6.45) is 0. The van der Waals surface area contributed by atoms with Crippen LogP contribution < -0.4 is 16.3 Å². The number of imidazole rings is 2. The summed E-state index contributed by atoms with van der Waals surface area (Å²) in [4.78, 5) is 44.9. The number of rotatable bonds is 2. The summed E-state index contributed by atoms with van der Waals surface area (Å²) in [6, 6.07) is 18.5. The van der Waals surface area contributed by atoms with E-state index in [1.54, 1.807) is 12.1 Å². The van der Waals surface area contributed by atoms with Crippen LogP contribution in [0, 0.1) is 0 Å². The van der Waals surface area contributed by atoms with Crippen LogP contribution in [-0.2, 0) is 0 Å². The van der Waals surface area contributed by atoms with Crippen LogP contribution in [-0.4, -0.2) is 29.4 Å². The summed E-state index contributed by atoms with van der Waals surface area (Å²) in [5.41, 5.74) is 1.97. The number of fused-ring (bicyclic) bond motifs is 4. The molecule has 29 heavy (non-hydrogen) atoms. The lowest BCUT2D eigenvalue weighted by atomic mass is 10.2. The SMILES string of the molecule is O=c1[nH]c2nc3ccccc3cc2n1On1c(=O)[nH]c2nc3ccccc3cc21. The average Bonchev–Trinajstić information content (AvgIpc) is 3.20. The lowest BCUT2D eigenvalue weighted by Crippen LogP contribution is -2.33. The molecule has 9 heteroatoms. The fraction of sp³-hybridized carbons (Fsp3) is 0. The molecule has 2 aromatic carbocycles. The fourth-order valence-corrected chi connectivity index (χ4v) is 3.47. The van der Waals surface area contributed by atoms with Gasteiger partial charge in [0.25, 0.3) is 0 Å². The van der Waals surface area contributed by atoms with E-state index in [4.69, 9.17) is 4.94 Å². The van der Waals surface area contributed by atoms with Gasteiger partial charge in [0.15, 0.2) is 11.3 Å². The highest BCUT2D eigenvalue weighted by atomic mass is 16.8. The first-order valence-corrected chi connectivity index (χ1v) is 8.87. The third-order valence-electron chi connectivity index (χ3n) is 4.83. The molecular weight excluding hydrogens is 372 g/mol. The minimum absolute atomic E-state index is 0.366. The standard InChI is InChI=1S/C20H12N6O3/c27-19-23-17-15(9-11-5-1-3-7-13(11)21-17)25(19)29-26-16-10-12-6-2-4-8-14(12)22-18(16)24-20(26)28/h1-10H,(H,21,23,27)(H,22,24,28). The zero-order valence-corrected chi connectivity index (χ0v) is 14.8. The van der Waals surface area contributed by atoms with Gasteiger partial charge in [0.1, 0.15) is 11.0 Å². The third-order valence-corrected chi connectivity index (χ3v) is 4.83. The second-order valence-corrected chi connectivity index (χ2v) is 6.63. The Labute approximate surface area is 160 Å². The third kappa shape index (κ3) is 2.27. The van der Waals surface area contributed by atoms with Crippen molar-refractivity contribution in [1.29, 1.82) is 0 Å². The van der Waals surface area contributed by atoms with Gasteiger partial charge in [-0.25, -0.2) is 19.6 Å². The first-order chi connectivity index (χ1) is 14.2. The van der Waals surface area contributed by atoms with Crippen LogP contribution in [0.1, 0.15) is 0 Å². The Balaban J connectivity index is 1.59. The van der Waals surface area contributed by atoms with Crippen LogP contribution in [0.2, 0.25) is 0 Å². The lowest BCUT2D eigenvalue weighted by Gasteiger charge is -2.06. The second-order valence-electron chi connectivity index (χ2n) is 6.63. The van der Waals surface area contributed by atoms with E-state index in [2.05, 4.69) is 19.9 Å². The molecular formula is C20H12N6O3. The van der Waals surface area contributed by atoms with Gasteiger partial charge in [-0.2, -0.15) is 0 Å². The highest BCUT2D eigenvalue weighted by Gasteiger charge is 2.16. The first-order valence-electron chi connectivity index (χ1n) is 8.87. The Morgan fingerprint density at radius 3 is 1.62 bits per heavy atom. The molecule has 0 unspecified atom stereocenters. The van der Waals surface area contributed by atoms with Crippen molar-refractivity contribution in [3.05, 3.63) is 81.6 Å². The van der Waals surface area contributed by atoms with Gasteiger partial charge < -0.3 is 0 Å². The first kappa shape index (κ1) is 15.6. The normalized spacial score (nSPS) is 11.7. The number of para-hydroxylation sites is 2. The van der Waals surface area contributed by atoms with E-state index >= 15 is 0 Å². The number of nitrogens with zero attached hydrogens (tertiary/aromatic N) is 4. The Hall–Kier alpha value is -4.40. The zero-order chi connectivity index (χ0) is 19.5. The summed E-state index contributed by atoms with van der Waals surface area (Å²) < 4.78 is 2.03. The highest BCUT2D eigenvalue weighted by Crippen LogP contribution is 2.19. The van der Waals surface area contributed by atoms with Gasteiger partial charge in [-0.3, -0.25) is 14.9 Å². The van der Waals surface area contributed by atoms with Gasteiger partial charge in [0.2, 0.25) is 0 Å². The maximum absolute atomic E-state index is 12.5. The van der Waals surface area contributed by atoms with E-state index in [1.807, 2.05) is 48.5 Å². The van der Waals surface area contributed by atoms with Crippen molar-refractivity contribution >= 4 is 44.1 Å². The van der Waals surface area contributed by atoms with Gasteiger partial charge in [0, 0.05) is 10.8 Å². The maximum Gasteiger partial charge on any atom is 0.363 e. The number of H-pyrrole nitrogens is 2. The summed E-state index contributed by atoms with van der Waals surface area (Å²) in [6.45, 7) is 0. The molecule has 6 aromatic rings. The van der Waals surface area contributed by atoms with Crippen molar-refractivity contribution in [3.63, 3.8) is 0 Å². The van der Waals surface area contributed by atoms with E-state index in [0.717, 1.165) is 31.3 Å². The Morgan fingerprint density at radius 2 is 1.14 bits per heavy atom. The van der Waals surface area contributed by atoms with Gasteiger partial charge >= 0.3 is 11.4 Å². The molecule has 0 atom stereocenters. The van der Waals surface area contributed by atoms with E-state index in [0.29, 0.717) is 22.3 Å². The molecule has 0 spiro atoms. The van der Waals surface area contributed by atoms with Crippen LogP contribution in [0.3, 0.4) is 0 Å². The number of aromatic amines is 2. The predicted octanol–water partition coefficient (Wildman–Crippen LogP) is 1.96. The molecule has 9 nitrogen and oxygen atoms in total. The Bertz CT molecular complexity index is 1560. The highest BCUT2D eigenvalue weighted by molar-refractivity contribution is 5.90. The van der Waals surface area contributed by atoms with E-state index in [9.17, 15) is 9.59 Å². The van der Waals surface area contributed by atoms with Crippen LogP contribution in [0.25, 0.3) is 44.1 Å². The number of aromatic nitrogens is 6. The molecule has 0 saturated carbocycles. The quantitative estimate of drug-likeness (QED) is 0.474. The molecule has 140 valence electrons. The Morgan fingerprint density at radius 1 is 0.690 bits per heavy atom. The minimum Gasteiger partial charge on any atom is -0.287 e. The van der Waals surface area contributed by atoms with Crippen molar-refractivity contribution in [1.82, 2.24) is 29.4 Å². The van der Waals surface area contributed by atoms with E-state index in [-0.39, 0.29) is 0 Å².